The first kappa shape index (κ1) is 12.7. The smallest absolute Gasteiger partial charge is 0.276 e. The second-order valence-electron chi connectivity index (χ2n) is 4.86. The van der Waals surface area contributed by atoms with Gasteiger partial charge in [-0.2, -0.15) is 0 Å². The van der Waals surface area contributed by atoms with E-state index in [4.69, 9.17) is 10.2 Å². The van der Waals surface area contributed by atoms with Crippen LogP contribution in [-0.4, -0.2) is 15.4 Å². The monoisotopic (exact) mass is 275 g/mol. The Labute approximate surface area is 116 Å². The highest BCUT2D eigenvalue weighted by atomic mass is 32.2. The van der Waals surface area contributed by atoms with Crippen LogP contribution >= 0.6 is 11.8 Å². The number of nitrogens with zero attached hydrogens (tertiary/aromatic N) is 2. The van der Waals surface area contributed by atoms with Crippen LogP contribution in [0.25, 0.3) is 0 Å². The molecule has 2 atom stereocenters. The predicted octanol–water partition coefficient (Wildman–Crippen LogP) is 2.88. The van der Waals surface area contributed by atoms with Crippen molar-refractivity contribution in [2.24, 2.45) is 5.73 Å². The number of rotatable bonds is 2. The fourth-order valence-corrected chi connectivity index (χ4v) is 3.64. The summed E-state index contributed by atoms with van der Waals surface area (Å²) in [7, 11) is 0. The van der Waals surface area contributed by atoms with Gasteiger partial charge in [0, 0.05) is 18.2 Å². The first-order valence-corrected chi connectivity index (χ1v) is 7.42. The largest absolute Gasteiger partial charge is 0.416 e. The minimum atomic E-state index is 0.0240. The summed E-state index contributed by atoms with van der Waals surface area (Å²) in [6.07, 6.45) is 3.32. The Morgan fingerprint density at radius 3 is 2.95 bits per heavy atom. The van der Waals surface area contributed by atoms with Gasteiger partial charge >= 0.3 is 0 Å². The predicted molar refractivity (Wildman–Crippen MR) is 75.0 cm³/mol. The number of aromatic nitrogens is 2. The Bertz CT molecular complexity index is 569. The first-order chi connectivity index (χ1) is 9.24. The van der Waals surface area contributed by atoms with Crippen molar-refractivity contribution in [2.45, 2.75) is 42.7 Å². The van der Waals surface area contributed by atoms with E-state index in [1.807, 2.05) is 0 Å². The molecule has 2 unspecified atom stereocenters. The summed E-state index contributed by atoms with van der Waals surface area (Å²) >= 11 is 1.61. The van der Waals surface area contributed by atoms with Crippen molar-refractivity contribution in [3.63, 3.8) is 0 Å². The molecule has 0 fully saturated rings. The van der Waals surface area contributed by atoms with E-state index in [1.54, 1.807) is 18.7 Å². The van der Waals surface area contributed by atoms with Crippen molar-refractivity contribution in [1.82, 2.24) is 10.2 Å². The molecule has 0 amide bonds. The number of fused-ring (bicyclic) bond motifs is 1. The van der Waals surface area contributed by atoms with E-state index in [2.05, 4.69) is 34.5 Å². The third-order valence-electron chi connectivity index (χ3n) is 3.51. The molecule has 0 bridgehead atoms. The third-order valence-corrected chi connectivity index (χ3v) is 4.71. The van der Waals surface area contributed by atoms with Gasteiger partial charge in [-0.05, 0) is 30.4 Å². The fraction of sp³-hybridized carbons (Fsp3) is 0.429. The van der Waals surface area contributed by atoms with Crippen molar-refractivity contribution in [3.8, 4) is 0 Å². The lowest BCUT2D eigenvalue weighted by molar-refractivity contribution is 0.427. The Balaban J connectivity index is 1.83. The maximum absolute atomic E-state index is 6.43. The zero-order valence-corrected chi connectivity index (χ0v) is 11.7. The molecule has 1 aromatic heterocycles. The molecule has 0 radical (unpaired) electrons. The Kier molecular flexibility index (Phi) is 3.57. The average molecular weight is 275 g/mol. The molecule has 1 heterocycles. The van der Waals surface area contributed by atoms with Gasteiger partial charge in [-0.3, -0.25) is 0 Å². The van der Waals surface area contributed by atoms with Crippen molar-refractivity contribution in [3.05, 3.63) is 41.3 Å². The van der Waals surface area contributed by atoms with Gasteiger partial charge in [-0.15, -0.1) is 10.2 Å². The minimum Gasteiger partial charge on any atom is -0.416 e. The van der Waals surface area contributed by atoms with Crippen LogP contribution < -0.4 is 5.73 Å². The van der Waals surface area contributed by atoms with Gasteiger partial charge < -0.3 is 10.2 Å². The van der Waals surface area contributed by atoms with Gasteiger partial charge in [0.25, 0.3) is 5.22 Å². The quantitative estimate of drug-likeness (QED) is 0.854. The molecule has 3 rings (SSSR count). The molecule has 0 spiro atoms. The summed E-state index contributed by atoms with van der Waals surface area (Å²) in [5.41, 5.74) is 9.07. The van der Waals surface area contributed by atoms with Gasteiger partial charge in [0.15, 0.2) is 0 Å². The minimum absolute atomic E-state index is 0.0240. The number of hydrogen-bond donors (Lipinski definition) is 1. The maximum Gasteiger partial charge on any atom is 0.276 e. The molecule has 1 aliphatic rings. The van der Waals surface area contributed by atoms with Gasteiger partial charge in [0.05, 0.1) is 0 Å². The zero-order valence-electron chi connectivity index (χ0n) is 10.9. The second kappa shape index (κ2) is 5.35. The van der Waals surface area contributed by atoms with E-state index < -0.39 is 0 Å². The van der Waals surface area contributed by atoms with E-state index in [1.165, 1.54) is 11.1 Å². The van der Waals surface area contributed by atoms with Gasteiger partial charge in [0.1, 0.15) is 0 Å². The first-order valence-electron chi connectivity index (χ1n) is 6.54. The van der Waals surface area contributed by atoms with Crippen molar-refractivity contribution >= 4 is 11.8 Å². The van der Waals surface area contributed by atoms with Crippen LogP contribution in [0.2, 0.25) is 0 Å². The van der Waals surface area contributed by atoms with Crippen molar-refractivity contribution in [1.29, 1.82) is 0 Å². The summed E-state index contributed by atoms with van der Waals surface area (Å²) in [4.78, 5) is 0. The number of nitrogens with two attached hydrogens (primary N) is 1. The van der Waals surface area contributed by atoms with Gasteiger partial charge in [-0.25, -0.2) is 0 Å². The molecule has 4 nitrogen and oxygen atoms in total. The van der Waals surface area contributed by atoms with Gasteiger partial charge in [0.2, 0.25) is 5.89 Å². The fourth-order valence-electron chi connectivity index (χ4n) is 2.55. The third kappa shape index (κ3) is 2.67. The molecule has 2 aromatic rings. The Morgan fingerprint density at radius 2 is 2.16 bits per heavy atom. The van der Waals surface area contributed by atoms with Crippen LogP contribution in [0.4, 0.5) is 0 Å². The standard InChI is InChI=1S/C14H17N3OS/c1-9-16-17-14(18-9)19-12-8-4-6-10-5-2-3-7-11(10)13(12)15/h2-3,5,7,12-13H,4,6,8,15H2,1H3. The van der Waals surface area contributed by atoms with Crippen LogP contribution in [0.5, 0.6) is 0 Å². The molecule has 1 aromatic carbocycles. The van der Waals surface area contributed by atoms with E-state index in [-0.39, 0.29) is 6.04 Å². The molecule has 19 heavy (non-hydrogen) atoms. The van der Waals surface area contributed by atoms with E-state index in [9.17, 15) is 0 Å². The summed E-state index contributed by atoms with van der Waals surface area (Å²) in [5.74, 6) is 0.602. The molecule has 5 heteroatoms. The lowest BCUT2D eigenvalue weighted by Crippen LogP contribution is -2.23. The highest BCUT2D eigenvalue weighted by molar-refractivity contribution is 7.99. The topological polar surface area (TPSA) is 64.9 Å². The highest BCUT2D eigenvalue weighted by Crippen LogP contribution is 2.37. The second-order valence-corrected chi connectivity index (χ2v) is 6.05. The molecule has 0 aliphatic heterocycles. The average Bonchev–Trinajstić information content (AvgIpc) is 2.75. The van der Waals surface area contributed by atoms with Crippen molar-refractivity contribution < 1.29 is 4.42 Å². The van der Waals surface area contributed by atoms with Crippen LogP contribution in [0.15, 0.2) is 33.9 Å². The van der Waals surface area contributed by atoms with Crippen LogP contribution in [-0.2, 0) is 6.42 Å². The summed E-state index contributed by atoms with van der Waals surface area (Å²) in [6.45, 7) is 1.80. The lowest BCUT2D eigenvalue weighted by Gasteiger charge is -2.20. The molecule has 1 aliphatic carbocycles. The maximum atomic E-state index is 6.43. The van der Waals surface area contributed by atoms with Crippen LogP contribution in [0, 0.1) is 6.92 Å². The van der Waals surface area contributed by atoms with Crippen LogP contribution in [0.3, 0.4) is 0 Å². The van der Waals surface area contributed by atoms with Gasteiger partial charge in [-0.1, -0.05) is 36.0 Å². The van der Waals surface area contributed by atoms with Crippen LogP contribution in [0.1, 0.15) is 35.9 Å². The molecular formula is C14H17N3OS. The Morgan fingerprint density at radius 1 is 1.32 bits per heavy atom. The molecular weight excluding hydrogens is 258 g/mol. The van der Waals surface area contributed by atoms with Crippen molar-refractivity contribution in [2.75, 3.05) is 0 Å². The number of thioether (sulfide) groups is 1. The molecule has 2 N–H and O–H groups in total. The number of hydrogen-bond acceptors (Lipinski definition) is 5. The summed E-state index contributed by atoms with van der Waals surface area (Å²) < 4.78 is 5.45. The van der Waals surface area contributed by atoms with E-state index in [0.29, 0.717) is 16.4 Å². The summed E-state index contributed by atoms with van der Waals surface area (Å²) in [5, 5.41) is 8.84. The van der Waals surface area contributed by atoms with E-state index in [0.717, 1.165) is 19.3 Å². The number of aryl methyl sites for hydroxylation is 2. The highest BCUT2D eigenvalue weighted by Gasteiger charge is 2.27. The van der Waals surface area contributed by atoms with E-state index >= 15 is 0 Å². The normalized spacial score (nSPS) is 22.8. The molecule has 0 saturated heterocycles. The summed E-state index contributed by atoms with van der Waals surface area (Å²) in [6, 6.07) is 8.48. The zero-order chi connectivity index (χ0) is 13.2. The number of benzene rings is 1. The molecule has 100 valence electrons. The Hall–Kier alpha value is -1.33. The lowest BCUT2D eigenvalue weighted by atomic mass is 10.00. The SMILES string of the molecule is Cc1nnc(SC2CCCc3ccccc3C2N)o1. The molecule has 0 saturated carbocycles.